The fourth-order valence-electron chi connectivity index (χ4n) is 3.09. The van der Waals surface area contributed by atoms with E-state index in [1.165, 1.54) is 6.42 Å². The third-order valence-corrected chi connectivity index (χ3v) is 5.18. The third kappa shape index (κ3) is 3.40. The molecule has 0 aromatic heterocycles. The normalized spacial score (nSPS) is 27.4. The summed E-state index contributed by atoms with van der Waals surface area (Å²) in [5, 5.41) is 9.30. The second-order valence-corrected chi connectivity index (χ2v) is 6.69. The number of thioether (sulfide) groups is 1. The van der Waals surface area contributed by atoms with Crippen LogP contribution in [0.1, 0.15) is 39.0 Å². The first kappa shape index (κ1) is 15.5. The predicted octanol–water partition coefficient (Wildman–Crippen LogP) is 2.26. The van der Waals surface area contributed by atoms with Gasteiger partial charge in [0.2, 0.25) is 0 Å². The van der Waals surface area contributed by atoms with Crippen molar-refractivity contribution in [3.63, 3.8) is 0 Å². The Kier molecular flexibility index (Phi) is 5.57. The summed E-state index contributed by atoms with van der Waals surface area (Å²) in [6, 6.07) is -0.424. The molecule has 6 heteroatoms. The van der Waals surface area contributed by atoms with Crippen molar-refractivity contribution in [2.75, 3.05) is 24.6 Å². The summed E-state index contributed by atoms with van der Waals surface area (Å²) in [6.45, 7) is 3.46. The van der Waals surface area contributed by atoms with Gasteiger partial charge in [-0.2, -0.15) is 11.8 Å². The Hall–Kier alpha value is -0.910. The van der Waals surface area contributed by atoms with E-state index in [2.05, 4.69) is 6.92 Å². The minimum atomic E-state index is -0.880. The number of aliphatic carboxylic acids is 1. The predicted molar refractivity (Wildman–Crippen MR) is 80.1 cm³/mol. The van der Waals surface area contributed by atoms with Crippen LogP contribution >= 0.6 is 11.8 Å². The summed E-state index contributed by atoms with van der Waals surface area (Å²) in [5.41, 5.74) is 0. The van der Waals surface area contributed by atoms with Crippen molar-refractivity contribution in [2.24, 2.45) is 0 Å². The van der Waals surface area contributed by atoms with Gasteiger partial charge in [-0.25, -0.2) is 9.59 Å². The Morgan fingerprint density at radius 1 is 1.25 bits per heavy atom. The van der Waals surface area contributed by atoms with E-state index in [0.29, 0.717) is 18.3 Å². The molecule has 1 N–H and O–H groups in total. The van der Waals surface area contributed by atoms with Gasteiger partial charge in [-0.3, -0.25) is 0 Å². The van der Waals surface area contributed by atoms with Crippen LogP contribution in [0.15, 0.2) is 0 Å². The molecule has 2 aliphatic rings. The molecule has 0 spiro atoms. The van der Waals surface area contributed by atoms with Crippen molar-refractivity contribution >= 4 is 23.8 Å². The smallest absolute Gasteiger partial charge is 0.327 e. The van der Waals surface area contributed by atoms with Crippen LogP contribution < -0.4 is 0 Å². The average molecular weight is 300 g/mol. The highest BCUT2D eigenvalue weighted by molar-refractivity contribution is 7.99. The van der Waals surface area contributed by atoms with E-state index in [9.17, 15) is 14.7 Å². The van der Waals surface area contributed by atoms with Gasteiger partial charge in [0.1, 0.15) is 6.04 Å². The lowest BCUT2D eigenvalue weighted by molar-refractivity contribution is -0.141. The van der Waals surface area contributed by atoms with Crippen LogP contribution in [0.25, 0.3) is 0 Å². The lowest BCUT2D eigenvalue weighted by atomic mass is 9.98. The Bertz CT molecular complexity index is 362. The molecular weight excluding hydrogens is 276 g/mol. The molecule has 2 aliphatic heterocycles. The van der Waals surface area contributed by atoms with Crippen molar-refractivity contribution in [2.45, 2.75) is 51.1 Å². The monoisotopic (exact) mass is 300 g/mol. The first-order chi connectivity index (χ1) is 9.65. The summed E-state index contributed by atoms with van der Waals surface area (Å²) in [6.07, 6.45) is 5.34. The quantitative estimate of drug-likeness (QED) is 0.868. The van der Waals surface area contributed by atoms with Gasteiger partial charge in [0.15, 0.2) is 0 Å². The Morgan fingerprint density at radius 3 is 2.75 bits per heavy atom. The van der Waals surface area contributed by atoms with E-state index in [1.54, 1.807) is 16.7 Å². The number of carboxylic acids is 1. The Balaban J connectivity index is 2.08. The summed E-state index contributed by atoms with van der Waals surface area (Å²) >= 11 is 1.62. The molecule has 2 saturated heterocycles. The molecule has 114 valence electrons. The first-order valence-electron chi connectivity index (χ1n) is 7.53. The number of amides is 2. The number of carbonyl (C=O) groups is 2. The number of hydrogen-bond acceptors (Lipinski definition) is 3. The number of carbonyl (C=O) groups excluding carboxylic acids is 1. The highest BCUT2D eigenvalue weighted by Crippen LogP contribution is 2.25. The van der Waals surface area contributed by atoms with Gasteiger partial charge in [0, 0.05) is 30.6 Å². The molecular formula is C14H24N2O3S. The SMILES string of the molecule is CCCC1CCCCN1C(=O)N1CCSCC1C(=O)O. The number of urea groups is 1. The molecule has 2 rings (SSSR count). The van der Waals surface area contributed by atoms with Crippen molar-refractivity contribution in [3.8, 4) is 0 Å². The van der Waals surface area contributed by atoms with Gasteiger partial charge in [-0.15, -0.1) is 0 Å². The maximum atomic E-state index is 12.7. The van der Waals surface area contributed by atoms with Crippen LogP contribution in [0.5, 0.6) is 0 Å². The number of carboxylic acid groups (broad SMARTS) is 1. The fourth-order valence-corrected chi connectivity index (χ4v) is 4.13. The summed E-state index contributed by atoms with van der Waals surface area (Å²) < 4.78 is 0. The summed E-state index contributed by atoms with van der Waals surface area (Å²) in [4.78, 5) is 27.6. The molecule has 0 saturated carbocycles. The second kappa shape index (κ2) is 7.20. The maximum Gasteiger partial charge on any atom is 0.327 e. The maximum absolute atomic E-state index is 12.7. The Morgan fingerprint density at radius 2 is 2.05 bits per heavy atom. The lowest BCUT2D eigenvalue weighted by Gasteiger charge is -2.42. The van der Waals surface area contributed by atoms with Crippen molar-refractivity contribution in [1.29, 1.82) is 0 Å². The molecule has 0 aliphatic carbocycles. The largest absolute Gasteiger partial charge is 0.480 e. The molecule has 2 amide bonds. The third-order valence-electron chi connectivity index (χ3n) is 4.15. The van der Waals surface area contributed by atoms with Gasteiger partial charge < -0.3 is 14.9 Å². The van der Waals surface area contributed by atoms with Crippen LogP contribution in [0.2, 0.25) is 0 Å². The topological polar surface area (TPSA) is 60.9 Å². The Labute approximate surface area is 124 Å². The first-order valence-corrected chi connectivity index (χ1v) is 8.68. The fraction of sp³-hybridized carbons (Fsp3) is 0.857. The van der Waals surface area contributed by atoms with E-state index in [4.69, 9.17) is 0 Å². The van der Waals surface area contributed by atoms with E-state index >= 15 is 0 Å². The van der Waals surface area contributed by atoms with Crippen molar-refractivity contribution < 1.29 is 14.7 Å². The van der Waals surface area contributed by atoms with Gasteiger partial charge in [0.05, 0.1) is 0 Å². The van der Waals surface area contributed by atoms with Crippen molar-refractivity contribution in [3.05, 3.63) is 0 Å². The second-order valence-electron chi connectivity index (χ2n) is 5.54. The van der Waals surface area contributed by atoms with Crippen LogP contribution in [-0.2, 0) is 4.79 Å². The van der Waals surface area contributed by atoms with Crippen LogP contribution in [0.4, 0.5) is 4.79 Å². The molecule has 2 heterocycles. The van der Waals surface area contributed by atoms with E-state index in [-0.39, 0.29) is 6.03 Å². The number of rotatable bonds is 3. The van der Waals surface area contributed by atoms with E-state index in [0.717, 1.165) is 38.0 Å². The van der Waals surface area contributed by atoms with Gasteiger partial charge in [-0.05, 0) is 25.7 Å². The molecule has 0 aromatic carbocycles. The van der Waals surface area contributed by atoms with Gasteiger partial charge >= 0.3 is 12.0 Å². The lowest BCUT2D eigenvalue weighted by Crippen LogP contribution is -2.57. The molecule has 0 bridgehead atoms. The molecule has 2 fully saturated rings. The molecule has 20 heavy (non-hydrogen) atoms. The zero-order valence-electron chi connectivity index (χ0n) is 12.1. The summed E-state index contributed by atoms with van der Waals surface area (Å²) in [5.74, 6) is 0.462. The van der Waals surface area contributed by atoms with Crippen molar-refractivity contribution in [1.82, 2.24) is 9.80 Å². The number of likely N-dealkylation sites (tertiary alicyclic amines) is 1. The number of piperidine rings is 1. The van der Waals surface area contributed by atoms with Crippen LogP contribution in [-0.4, -0.2) is 63.6 Å². The van der Waals surface area contributed by atoms with E-state index < -0.39 is 12.0 Å². The molecule has 2 atom stereocenters. The molecule has 0 aromatic rings. The molecule has 5 nitrogen and oxygen atoms in total. The van der Waals surface area contributed by atoms with Gasteiger partial charge in [-0.1, -0.05) is 13.3 Å². The zero-order chi connectivity index (χ0) is 14.5. The van der Waals surface area contributed by atoms with Gasteiger partial charge in [0.25, 0.3) is 0 Å². The zero-order valence-corrected chi connectivity index (χ0v) is 12.9. The highest BCUT2D eigenvalue weighted by Gasteiger charge is 2.37. The highest BCUT2D eigenvalue weighted by atomic mass is 32.2. The van der Waals surface area contributed by atoms with Crippen LogP contribution in [0.3, 0.4) is 0 Å². The molecule has 2 unspecified atom stereocenters. The minimum absolute atomic E-state index is 0.0594. The number of nitrogens with zero attached hydrogens (tertiary/aromatic N) is 2. The minimum Gasteiger partial charge on any atom is -0.480 e. The molecule has 0 radical (unpaired) electrons. The summed E-state index contributed by atoms with van der Waals surface area (Å²) in [7, 11) is 0. The average Bonchev–Trinajstić information content (AvgIpc) is 2.47. The number of hydrogen-bond donors (Lipinski definition) is 1. The van der Waals surface area contributed by atoms with Crippen LogP contribution in [0, 0.1) is 0 Å². The van der Waals surface area contributed by atoms with E-state index in [1.807, 2.05) is 4.90 Å². The standard InChI is InChI=1S/C14H24N2O3S/c1-2-5-11-6-3-4-7-15(11)14(19)16-8-9-20-10-12(16)13(17)18/h11-12H,2-10H2,1H3,(H,17,18).